The van der Waals surface area contributed by atoms with Crippen molar-refractivity contribution in [1.29, 1.82) is 5.26 Å². The normalized spacial score (nSPS) is 7.53. The Morgan fingerprint density at radius 2 is 1.60 bits per heavy atom. The molecule has 1 heteroatoms. The Bertz CT molecular complexity index is 295. The summed E-state index contributed by atoms with van der Waals surface area (Å²) in [6.07, 6.45) is 1.25. The van der Waals surface area contributed by atoms with Gasteiger partial charge in [0.2, 0.25) is 0 Å². The summed E-state index contributed by atoms with van der Waals surface area (Å²) in [4.78, 5) is 0. The van der Waals surface area contributed by atoms with Gasteiger partial charge in [0.05, 0.1) is 11.6 Å². The molecule has 0 aliphatic carbocycles. The van der Waals surface area contributed by atoms with Crippen LogP contribution in [0.15, 0.2) is 18.2 Å². The molecule has 0 atom stereocenters. The lowest BCUT2D eigenvalue weighted by molar-refractivity contribution is 1.09. The minimum atomic E-state index is 0.769. The van der Waals surface area contributed by atoms with Crippen LogP contribution < -0.4 is 0 Å². The molecule has 0 radical (unpaired) electrons. The van der Waals surface area contributed by atoms with E-state index in [1.807, 2.05) is 45.9 Å². The highest BCUT2D eigenvalue weighted by molar-refractivity contribution is 5.38. The van der Waals surface area contributed by atoms with Gasteiger partial charge >= 0.3 is 0 Å². The molecule has 0 spiro atoms. The Balaban J connectivity index is 0. The maximum Gasteiger partial charge on any atom is 0.0994 e. The second kappa shape index (κ2) is 10.8. The van der Waals surface area contributed by atoms with Crippen LogP contribution in [0.2, 0.25) is 0 Å². The lowest BCUT2D eigenvalue weighted by atomic mass is 10.1. The molecular weight excluding hydrogens is 182 g/mol. The molecule has 1 aromatic rings. The molecule has 1 nitrogen and oxygen atoms in total. The third kappa shape index (κ3) is 7.76. The highest BCUT2D eigenvalue weighted by atomic mass is 14.2. The first-order valence-electron chi connectivity index (χ1n) is 5.63. The average molecular weight is 205 g/mol. The van der Waals surface area contributed by atoms with E-state index in [4.69, 9.17) is 5.26 Å². The van der Waals surface area contributed by atoms with Crippen molar-refractivity contribution in [1.82, 2.24) is 0 Å². The Hall–Kier alpha value is -1.29. The summed E-state index contributed by atoms with van der Waals surface area (Å²) in [7, 11) is 0. The predicted octanol–water partition coefficient (Wildman–Crippen LogP) is 4.62. The second-order valence-electron chi connectivity index (χ2n) is 3.14. The van der Waals surface area contributed by atoms with E-state index in [0.717, 1.165) is 11.1 Å². The third-order valence-electron chi connectivity index (χ3n) is 1.50. The summed E-state index contributed by atoms with van der Waals surface area (Å²) in [6, 6.07) is 7.94. The van der Waals surface area contributed by atoms with Crippen molar-refractivity contribution in [3.05, 3.63) is 34.9 Å². The highest BCUT2D eigenvalue weighted by Gasteiger charge is 1.93. The van der Waals surface area contributed by atoms with Crippen LogP contribution in [0.4, 0.5) is 0 Å². The van der Waals surface area contributed by atoms with E-state index >= 15 is 0 Å². The molecule has 15 heavy (non-hydrogen) atoms. The van der Waals surface area contributed by atoms with Gasteiger partial charge in [-0.25, -0.2) is 0 Å². The summed E-state index contributed by atoms with van der Waals surface area (Å²) in [5.41, 5.74) is 3.03. The zero-order valence-electron chi connectivity index (χ0n) is 10.9. The van der Waals surface area contributed by atoms with Crippen molar-refractivity contribution in [2.24, 2.45) is 0 Å². The van der Waals surface area contributed by atoms with Gasteiger partial charge in [-0.2, -0.15) is 5.26 Å². The van der Waals surface area contributed by atoms with Gasteiger partial charge in [-0.1, -0.05) is 51.8 Å². The zero-order valence-corrected chi connectivity index (χ0v) is 10.9. The molecule has 0 unspecified atom stereocenters. The monoisotopic (exact) mass is 205 g/mol. The molecule has 0 amide bonds. The zero-order chi connectivity index (χ0) is 12.3. The SMILES string of the molecule is CC.CCC.Cc1ccc(C#N)c(C)c1. The molecule has 0 N–H and O–H groups in total. The maximum absolute atomic E-state index is 8.56. The molecule has 0 heterocycles. The fourth-order valence-corrected chi connectivity index (χ4v) is 0.939. The molecule has 1 rings (SSSR count). The van der Waals surface area contributed by atoms with Gasteiger partial charge in [-0.15, -0.1) is 0 Å². The highest BCUT2D eigenvalue weighted by Crippen LogP contribution is 2.08. The van der Waals surface area contributed by atoms with Crippen molar-refractivity contribution in [2.75, 3.05) is 0 Å². The van der Waals surface area contributed by atoms with E-state index in [9.17, 15) is 0 Å². The minimum Gasteiger partial charge on any atom is -0.192 e. The quantitative estimate of drug-likeness (QED) is 0.606. The summed E-state index contributed by atoms with van der Waals surface area (Å²) in [6.45, 7) is 12.2. The van der Waals surface area contributed by atoms with Gasteiger partial charge in [0, 0.05) is 0 Å². The number of nitrogens with zero attached hydrogens (tertiary/aromatic N) is 1. The first-order chi connectivity index (χ1) is 7.15. The van der Waals surface area contributed by atoms with Gasteiger partial charge in [-0.05, 0) is 25.5 Å². The summed E-state index contributed by atoms with van der Waals surface area (Å²) in [5.74, 6) is 0. The topological polar surface area (TPSA) is 23.8 Å². The molecule has 0 aliphatic heterocycles. The van der Waals surface area contributed by atoms with Crippen molar-refractivity contribution in [3.63, 3.8) is 0 Å². The molecule has 0 bridgehead atoms. The number of nitriles is 1. The van der Waals surface area contributed by atoms with Crippen molar-refractivity contribution >= 4 is 0 Å². The molecule has 0 saturated carbocycles. The Kier molecular flexibility index (Phi) is 11.6. The van der Waals surface area contributed by atoms with Crippen LogP contribution in [0.25, 0.3) is 0 Å². The molecule has 84 valence electrons. The fraction of sp³-hybridized carbons (Fsp3) is 0.500. The van der Waals surface area contributed by atoms with Crippen LogP contribution in [-0.2, 0) is 0 Å². The van der Waals surface area contributed by atoms with Gasteiger partial charge in [-0.3, -0.25) is 0 Å². The lowest BCUT2D eigenvalue weighted by Crippen LogP contribution is -1.81. The van der Waals surface area contributed by atoms with Gasteiger partial charge in [0.15, 0.2) is 0 Å². The molecular formula is C14H23N. The van der Waals surface area contributed by atoms with Gasteiger partial charge in [0.25, 0.3) is 0 Å². The van der Waals surface area contributed by atoms with E-state index in [-0.39, 0.29) is 0 Å². The van der Waals surface area contributed by atoms with E-state index < -0.39 is 0 Å². The van der Waals surface area contributed by atoms with Gasteiger partial charge in [0.1, 0.15) is 0 Å². The van der Waals surface area contributed by atoms with Crippen molar-refractivity contribution in [2.45, 2.75) is 48.0 Å². The fourth-order valence-electron chi connectivity index (χ4n) is 0.939. The Labute approximate surface area is 94.8 Å². The molecule has 0 aliphatic rings. The number of aryl methyl sites for hydroxylation is 2. The molecule has 0 fully saturated rings. The number of rotatable bonds is 0. The third-order valence-corrected chi connectivity index (χ3v) is 1.50. The lowest BCUT2D eigenvalue weighted by Gasteiger charge is -1.96. The van der Waals surface area contributed by atoms with E-state index in [0.29, 0.717) is 0 Å². The standard InChI is InChI=1S/C9H9N.C3H8.C2H6/c1-7-3-4-9(6-10)8(2)5-7;1-3-2;1-2/h3-5H,1-2H3;3H2,1-2H3;1-2H3. The number of benzene rings is 1. The van der Waals surface area contributed by atoms with Crippen LogP contribution in [-0.4, -0.2) is 0 Å². The summed E-state index contributed by atoms with van der Waals surface area (Å²) < 4.78 is 0. The predicted molar refractivity (Wildman–Crippen MR) is 67.9 cm³/mol. The number of hydrogen-bond acceptors (Lipinski definition) is 1. The average Bonchev–Trinajstić information content (AvgIpc) is 2.22. The van der Waals surface area contributed by atoms with Crippen LogP contribution in [0.5, 0.6) is 0 Å². The van der Waals surface area contributed by atoms with Crippen LogP contribution in [0.3, 0.4) is 0 Å². The first kappa shape index (κ1) is 16.2. The molecule has 0 aromatic heterocycles. The summed E-state index contributed by atoms with van der Waals surface area (Å²) in [5, 5.41) is 8.56. The van der Waals surface area contributed by atoms with E-state index in [1.54, 1.807) is 0 Å². The van der Waals surface area contributed by atoms with E-state index in [2.05, 4.69) is 19.9 Å². The van der Waals surface area contributed by atoms with Crippen LogP contribution in [0.1, 0.15) is 50.8 Å². The largest absolute Gasteiger partial charge is 0.192 e. The number of hydrogen-bond donors (Lipinski definition) is 0. The van der Waals surface area contributed by atoms with E-state index in [1.165, 1.54) is 12.0 Å². The first-order valence-corrected chi connectivity index (χ1v) is 5.63. The second-order valence-corrected chi connectivity index (χ2v) is 3.14. The maximum atomic E-state index is 8.56. The minimum absolute atomic E-state index is 0.769. The Morgan fingerprint density at radius 3 is 1.93 bits per heavy atom. The smallest absolute Gasteiger partial charge is 0.0994 e. The van der Waals surface area contributed by atoms with Gasteiger partial charge < -0.3 is 0 Å². The van der Waals surface area contributed by atoms with Crippen LogP contribution in [0, 0.1) is 25.2 Å². The van der Waals surface area contributed by atoms with Crippen LogP contribution >= 0.6 is 0 Å². The Morgan fingerprint density at radius 1 is 1.13 bits per heavy atom. The van der Waals surface area contributed by atoms with Crippen molar-refractivity contribution < 1.29 is 0 Å². The summed E-state index contributed by atoms with van der Waals surface area (Å²) >= 11 is 0. The molecule has 1 aromatic carbocycles. The molecule has 0 saturated heterocycles. The van der Waals surface area contributed by atoms with Crippen molar-refractivity contribution in [3.8, 4) is 6.07 Å².